The van der Waals surface area contributed by atoms with E-state index in [1.807, 2.05) is 13.1 Å². The monoisotopic (exact) mass is 515 g/mol. The first kappa shape index (κ1) is 24.1. The SMILES string of the molecule is CCCN1CCC(CNC(=NC)N2CCN(c3cccc(OC)c3)CC2)CC1.I. The molecule has 0 radical (unpaired) electrons. The van der Waals surface area contributed by atoms with Crippen LogP contribution < -0.4 is 15.0 Å². The summed E-state index contributed by atoms with van der Waals surface area (Å²) >= 11 is 0. The van der Waals surface area contributed by atoms with E-state index in [4.69, 9.17) is 4.74 Å². The fourth-order valence-corrected chi connectivity index (χ4v) is 4.28. The molecular formula is C22H38IN5O. The van der Waals surface area contributed by atoms with E-state index in [0.29, 0.717) is 0 Å². The molecule has 0 aliphatic carbocycles. The van der Waals surface area contributed by atoms with E-state index >= 15 is 0 Å². The Hall–Kier alpha value is -1.22. The number of piperidine rings is 1. The molecule has 7 heteroatoms. The molecule has 0 spiro atoms. The highest BCUT2D eigenvalue weighted by atomic mass is 127. The van der Waals surface area contributed by atoms with E-state index in [0.717, 1.165) is 50.4 Å². The van der Waals surface area contributed by atoms with Crippen LogP contribution in [0.3, 0.4) is 0 Å². The molecule has 0 saturated carbocycles. The lowest BCUT2D eigenvalue weighted by Crippen LogP contribution is -2.53. The van der Waals surface area contributed by atoms with Gasteiger partial charge in [-0.1, -0.05) is 13.0 Å². The highest BCUT2D eigenvalue weighted by molar-refractivity contribution is 14.0. The third-order valence-electron chi connectivity index (χ3n) is 6.01. The number of piperazine rings is 1. The Morgan fingerprint density at radius 3 is 2.48 bits per heavy atom. The molecule has 1 aromatic rings. The van der Waals surface area contributed by atoms with Crippen molar-refractivity contribution in [3.05, 3.63) is 24.3 Å². The van der Waals surface area contributed by atoms with Gasteiger partial charge in [0.15, 0.2) is 5.96 Å². The molecular weight excluding hydrogens is 477 g/mol. The summed E-state index contributed by atoms with van der Waals surface area (Å²) in [5.74, 6) is 2.74. The molecule has 1 N–H and O–H groups in total. The number of rotatable bonds is 6. The van der Waals surface area contributed by atoms with Gasteiger partial charge < -0.3 is 24.8 Å². The Labute approximate surface area is 193 Å². The summed E-state index contributed by atoms with van der Waals surface area (Å²) in [5.41, 5.74) is 1.24. The largest absolute Gasteiger partial charge is 0.497 e. The fourth-order valence-electron chi connectivity index (χ4n) is 4.28. The molecule has 1 aromatic carbocycles. The van der Waals surface area contributed by atoms with Crippen molar-refractivity contribution >= 4 is 35.6 Å². The number of anilines is 1. The summed E-state index contributed by atoms with van der Waals surface area (Å²) in [5, 5.41) is 3.65. The molecule has 0 aromatic heterocycles. The fraction of sp³-hybridized carbons (Fsp3) is 0.682. The summed E-state index contributed by atoms with van der Waals surface area (Å²) in [4.78, 5) is 12.0. The van der Waals surface area contributed by atoms with Crippen LogP contribution in [-0.4, -0.2) is 82.3 Å². The minimum absolute atomic E-state index is 0. The van der Waals surface area contributed by atoms with Crippen LogP contribution in [0.2, 0.25) is 0 Å². The average molecular weight is 515 g/mol. The Balaban J connectivity index is 0.00000300. The minimum Gasteiger partial charge on any atom is -0.497 e. The third kappa shape index (κ3) is 6.91. The van der Waals surface area contributed by atoms with Crippen LogP contribution in [0.15, 0.2) is 29.3 Å². The molecule has 2 aliphatic rings. The first-order valence-electron chi connectivity index (χ1n) is 10.8. The molecule has 0 bridgehead atoms. The van der Waals surface area contributed by atoms with Gasteiger partial charge in [0.25, 0.3) is 0 Å². The van der Waals surface area contributed by atoms with E-state index < -0.39 is 0 Å². The van der Waals surface area contributed by atoms with Crippen molar-refractivity contribution in [2.45, 2.75) is 26.2 Å². The molecule has 2 saturated heterocycles. The van der Waals surface area contributed by atoms with E-state index in [2.05, 4.69) is 50.1 Å². The number of likely N-dealkylation sites (tertiary alicyclic amines) is 1. The number of aliphatic imine (C=N–C) groups is 1. The number of benzene rings is 1. The zero-order valence-corrected chi connectivity index (χ0v) is 20.6. The van der Waals surface area contributed by atoms with Crippen LogP contribution in [-0.2, 0) is 0 Å². The lowest BCUT2D eigenvalue weighted by Gasteiger charge is -2.38. The van der Waals surface area contributed by atoms with Crippen molar-refractivity contribution < 1.29 is 4.74 Å². The van der Waals surface area contributed by atoms with Gasteiger partial charge in [0.05, 0.1) is 7.11 Å². The van der Waals surface area contributed by atoms with E-state index in [-0.39, 0.29) is 24.0 Å². The predicted molar refractivity (Wildman–Crippen MR) is 133 cm³/mol. The Bertz CT molecular complexity index is 625. The van der Waals surface area contributed by atoms with E-state index in [1.165, 1.54) is 44.6 Å². The van der Waals surface area contributed by atoms with Gasteiger partial charge in [-0.15, -0.1) is 24.0 Å². The molecule has 2 fully saturated rings. The van der Waals surface area contributed by atoms with Crippen molar-refractivity contribution in [2.75, 3.05) is 71.4 Å². The number of ether oxygens (including phenoxy) is 1. The van der Waals surface area contributed by atoms with Gasteiger partial charge in [0.2, 0.25) is 0 Å². The highest BCUT2D eigenvalue weighted by Crippen LogP contribution is 2.22. The molecule has 0 atom stereocenters. The average Bonchev–Trinajstić information content (AvgIpc) is 2.76. The van der Waals surface area contributed by atoms with Crippen LogP contribution in [0.25, 0.3) is 0 Å². The number of halogens is 1. The summed E-state index contributed by atoms with van der Waals surface area (Å²) < 4.78 is 5.36. The van der Waals surface area contributed by atoms with Gasteiger partial charge >= 0.3 is 0 Å². The molecule has 0 unspecified atom stereocenters. The zero-order valence-electron chi connectivity index (χ0n) is 18.3. The lowest BCUT2D eigenvalue weighted by atomic mass is 9.97. The lowest BCUT2D eigenvalue weighted by molar-refractivity contribution is 0.184. The van der Waals surface area contributed by atoms with E-state index in [9.17, 15) is 0 Å². The Morgan fingerprint density at radius 2 is 1.86 bits per heavy atom. The molecule has 164 valence electrons. The molecule has 0 amide bonds. The van der Waals surface area contributed by atoms with Crippen LogP contribution in [0.4, 0.5) is 5.69 Å². The molecule has 2 heterocycles. The normalized spacial score (nSPS) is 19.1. The van der Waals surface area contributed by atoms with Gasteiger partial charge in [-0.2, -0.15) is 0 Å². The van der Waals surface area contributed by atoms with Crippen molar-refractivity contribution in [1.29, 1.82) is 0 Å². The summed E-state index contributed by atoms with van der Waals surface area (Å²) in [6.45, 7) is 11.0. The van der Waals surface area contributed by atoms with Gasteiger partial charge in [-0.05, 0) is 56.9 Å². The molecule has 29 heavy (non-hydrogen) atoms. The van der Waals surface area contributed by atoms with Crippen molar-refractivity contribution in [2.24, 2.45) is 10.9 Å². The first-order chi connectivity index (χ1) is 13.7. The number of nitrogens with zero attached hydrogens (tertiary/aromatic N) is 4. The maximum Gasteiger partial charge on any atom is 0.193 e. The van der Waals surface area contributed by atoms with Crippen LogP contribution >= 0.6 is 24.0 Å². The number of nitrogens with one attached hydrogen (secondary N) is 1. The first-order valence-corrected chi connectivity index (χ1v) is 10.8. The summed E-state index contributed by atoms with van der Waals surface area (Å²) in [6.07, 6.45) is 3.86. The van der Waals surface area contributed by atoms with E-state index in [1.54, 1.807) is 7.11 Å². The third-order valence-corrected chi connectivity index (χ3v) is 6.01. The van der Waals surface area contributed by atoms with Gasteiger partial charge in [0.1, 0.15) is 5.75 Å². The maximum atomic E-state index is 5.36. The van der Waals surface area contributed by atoms with Crippen molar-refractivity contribution in [3.63, 3.8) is 0 Å². The molecule has 2 aliphatic heterocycles. The van der Waals surface area contributed by atoms with Crippen LogP contribution in [0, 0.1) is 5.92 Å². The predicted octanol–water partition coefficient (Wildman–Crippen LogP) is 3.13. The standard InChI is InChI=1S/C22H37N5O.HI/c1-4-10-25-11-8-19(9-12-25)18-24-22(23-2)27-15-13-26(14-16-27)20-6-5-7-21(17-20)28-3;/h5-7,17,19H,4,8-16,18H2,1-3H3,(H,23,24);1H. The second kappa shape index (κ2) is 12.5. The summed E-state index contributed by atoms with van der Waals surface area (Å²) in [7, 11) is 3.63. The van der Waals surface area contributed by atoms with Crippen molar-refractivity contribution in [3.8, 4) is 5.75 Å². The number of methoxy groups -OCH3 is 1. The number of hydrogen-bond acceptors (Lipinski definition) is 4. The van der Waals surface area contributed by atoms with Gasteiger partial charge in [-0.3, -0.25) is 4.99 Å². The van der Waals surface area contributed by atoms with Crippen LogP contribution in [0.1, 0.15) is 26.2 Å². The van der Waals surface area contributed by atoms with Gasteiger partial charge in [0, 0.05) is 51.5 Å². The topological polar surface area (TPSA) is 43.3 Å². The second-order valence-corrected chi connectivity index (χ2v) is 7.89. The van der Waals surface area contributed by atoms with Crippen LogP contribution in [0.5, 0.6) is 5.75 Å². The minimum atomic E-state index is 0. The smallest absolute Gasteiger partial charge is 0.193 e. The molecule has 3 rings (SSSR count). The highest BCUT2D eigenvalue weighted by Gasteiger charge is 2.22. The second-order valence-electron chi connectivity index (χ2n) is 7.89. The Morgan fingerprint density at radius 1 is 1.14 bits per heavy atom. The van der Waals surface area contributed by atoms with Crippen molar-refractivity contribution in [1.82, 2.24) is 15.1 Å². The number of hydrogen-bond donors (Lipinski definition) is 1. The Kier molecular flexibility index (Phi) is 10.3. The summed E-state index contributed by atoms with van der Waals surface area (Å²) in [6, 6.07) is 8.34. The number of guanidine groups is 1. The maximum absolute atomic E-state index is 5.36. The molecule has 6 nitrogen and oxygen atoms in total. The quantitative estimate of drug-likeness (QED) is 0.359. The zero-order chi connectivity index (χ0) is 19.8. The van der Waals surface area contributed by atoms with Gasteiger partial charge in [-0.25, -0.2) is 0 Å².